The Labute approximate surface area is 148 Å². The lowest BCUT2D eigenvalue weighted by Gasteiger charge is -2.10. The first-order valence-corrected chi connectivity index (χ1v) is 7.99. The number of nitrogens with zero attached hydrogens (tertiary/aromatic N) is 3. The van der Waals surface area contributed by atoms with Crippen molar-refractivity contribution in [1.29, 1.82) is 0 Å². The molecule has 1 fully saturated rings. The SMILES string of the molecule is COC(=O)c1ccc(CNc2ncc([N+](=O)[O-])cc2Cl)nc1C1CC1. The fourth-order valence-corrected chi connectivity index (χ4v) is 2.63. The maximum atomic E-state index is 11.8. The minimum Gasteiger partial charge on any atom is -0.465 e. The van der Waals surface area contributed by atoms with Gasteiger partial charge in [0.05, 0.1) is 40.6 Å². The molecule has 1 saturated carbocycles. The Balaban J connectivity index is 1.76. The summed E-state index contributed by atoms with van der Waals surface area (Å²) in [6.07, 6.45) is 3.14. The average molecular weight is 363 g/mol. The summed E-state index contributed by atoms with van der Waals surface area (Å²) in [6, 6.07) is 4.67. The molecule has 3 rings (SSSR count). The van der Waals surface area contributed by atoms with Crippen molar-refractivity contribution in [1.82, 2.24) is 9.97 Å². The second-order valence-corrected chi connectivity index (χ2v) is 6.04. The van der Waals surface area contributed by atoms with Crippen LogP contribution in [0.15, 0.2) is 24.4 Å². The lowest BCUT2D eigenvalue weighted by atomic mass is 10.1. The summed E-state index contributed by atoms with van der Waals surface area (Å²) in [5.41, 5.74) is 1.77. The Morgan fingerprint density at radius 1 is 1.48 bits per heavy atom. The summed E-state index contributed by atoms with van der Waals surface area (Å²) in [5, 5.41) is 13.9. The molecule has 0 saturated heterocycles. The van der Waals surface area contributed by atoms with E-state index in [2.05, 4.69) is 15.3 Å². The number of pyridine rings is 2. The molecule has 0 aromatic carbocycles. The Bertz CT molecular complexity index is 839. The number of nitrogens with one attached hydrogen (secondary N) is 1. The quantitative estimate of drug-likeness (QED) is 0.477. The van der Waals surface area contributed by atoms with E-state index in [4.69, 9.17) is 16.3 Å². The fourth-order valence-electron chi connectivity index (χ4n) is 2.40. The predicted molar refractivity (Wildman–Crippen MR) is 90.8 cm³/mol. The van der Waals surface area contributed by atoms with E-state index in [0.29, 0.717) is 23.6 Å². The van der Waals surface area contributed by atoms with Crippen LogP contribution in [-0.2, 0) is 11.3 Å². The van der Waals surface area contributed by atoms with E-state index in [9.17, 15) is 14.9 Å². The van der Waals surface area contributed by atoms with Crippen LogP contribution in [-0.4, -0.2) is 28.0 Å². The average Bonchev–Trinajstić information content (AvgIpc) is 3.44. The molecular weight excluding hydrogens is 348 g/mol. The molecule has 2 heterocycles. The molecule has 25 heavy (non-hydrogen) atoms. The van der Waals surface area contributed by atoms with Gasteiger partial charge in [-0.2, -0.15) is 0 Å². The number of carbonyl (C=O) groups is 1. The van der Waals surface area contributed by atoms with Gasteiger partial charge in [0.15, 0.2) is 0 Å². The van der Waals surface area contributed by atoms with Crippen LogP contribution in [0.5, 0.6) is 0 Å². The number of methoxy groups -OCH3 is 1. The summed E-state index contributed by atoms with van der Waals surface area (Å²) in [4.78, 5) is 30.5. The van der Waals surface area contributed by atoms with Crippen molar-refractivity contribution >= 4 is 29.1 Å². The largest absolute Gasteiger partial charge is 0.465 e. The molecule has 2 aromatic rings. The Morgan fingerprint density at radius 2 is 2.24 bits per heavy atom. The summed E-state index contributed by atoms with van der Waals surface area (Å²) < 4.78 is 4.79. The van der Waals surface area contributed by atoms with Crippen LogP contribution in [0, 0.1) is 10.1 Å². The Hall–Kier alpha value is -2.74. The first-order valence-electron chi connectivity index (χ1n) is 7.61. The van der Waals surface area contributed by atoms with Gasteiger partial charge in [-0.25, -0.2) is 9.78 Å². The van der Waals surface area contributed by atoms with Crippen LogP contribution < -0.4 is 5.32 Å². The number of ether oxygens (including phenoxy) is 1. The molecule has 130 valence electrons. The van der Waals surface area contributed by atoms with E-state index < -0.39 is 10.9 Å². The van der Waals surface area contributed by atoms with Crippen LogP contribution in [0.2, 0.25) is 5.02 Å². The van der Waals surface area contributed by atoms with Crippen molar-refractivity contribution in [3.63, 3.8) is 0 Å². The summed E-state index contributed by atoms with van der Waals surface area (Å²) in [6.45, 7) is 0.325. The molecule has 1 aliphatic rings. The number of aromatic nitrogens is 2. The Kier molecular flexibility index (Phi) is 4.80. The summed E-state index contributed by atoms with van der Waals surface area (Å²) in [7, 11) is 1.34. The van der Waals surface area contributed by atoms with Crippen molar-refractivity contribution in [3.8, 4) is 0 Å². The first kappa shape index (κ1) is 17.1. The van der Waals surface area contributed by atoms with Gasteiger partial charge in [-0.15, -0.1) is 0 Å². The standard InChI is InChI=1S/C16H15ClN4O4/c1-25-16(22)12-5-4-10(20-14(12)9-2-3-9)7-18-15-13(17)6-11(8-19-15)21(23)24/h4-6,8-9H,2-3,7H2,1H3,(H,18,19). The molecule has 0 radical (unpaired) electrons. The summed E-state index contributed by atoms with van der Waals surface area (Å²) in [5.74, 6) is 0.225. The highest BCUT2D eigenvalue weighted by Gasteiger charge is 2.30. The third-order valence-corrected chi connectivity index (χ3v) is 4.11. The summed E-state index contributed by atoms with van der Waals surface area (Å²) >= 11 is 6.01. The monoisotopic (exact) mass is 362 g/mol. The number of hydrogen-bond acceptors (Lipinski definition) is 7. The molecule has 1 N–H and O–H groups in total. The van der Waals surface area contributed by atoms with Gasteiger partial charge in [0.1, 0.15) is 12.0 Å². The molecule has 0 spiro atoms. The first-order chi connectivity index (χ1) is 12.0. The third-order valence-electron chi connectivity index (χ3n) is 3.83. The number of halogens is 1. The molecule has 0 atom stereocenters. The highest BCUT2D eigenvalue weighted by atomic mass is 35.5. The van der Waals surface area contributed by atoms with Gasteiger partial charge in [0.25, 0.3) is 5.69 Å². The highest BCUT2D eigenvalue weighted by molar-refractivity contribution is 6.33. The molecule has 2 aromatic heterocycles. The van der Waals surface area contributed by atoms with Crippen molar-refractivity contribution in [2.45, 2.75) is 25.3 Å². The maximum Gasteiger partial charge on any atom is 0.339 e. The highest BCUT2D eigenvalue weighted by Crippen LogP contribution is 2.40. The third kappa shape index (κ3) is 3.85. The minimum atomic E-state index is -0.558. The topological polar surface area (TPSA) is 107 Å². The number of rotatable bonds is 6. The van der Waals surface area contributed by atoms with Gasteiger partial charge >= 0.3 is 5.97 Å². The zero-order valence-electron chi connectivity index (χ0n) is 13.4. The number of hydrogen-bond donors (Lipinski definition) is 1. The zero-order chi connectivity index (χ0) is 18.0. The molecular formula is C16H15ClN4O4. The van der Waals surface area contributed by atoms with Gasteiger partial charge < -0.3 is 10.1 Å². The van der Waals surface area contributed by atoms with Crippen LogP contribution in [0.1, 0.15) is 40.5 Å². The second kappa shape index (κ2) is 7.02. The van der Waals surface area contributed by atoms with E-state index in [0.717, 1.165) is 24.7 Å². The van der Waals surface area contributed by atoms with E-state index >= 15 is 0 Å². The second-order valence-electron chi connectivity index (χ2n) is 5.64. The fraction of sp³-hybridized carbons (Fsp3) is 0.312. The molecule has 9 heteroatoms. The van der Waals surface area contributed by atoms with Crippen LogP contribution in [0.4, 0.5) is 11.5 Å². The van der Waals surface area contributed by atoms with Gasteiger partial charge in [0, 0.05) is 12.0 Å². The van der Waals surface area contributed by atoms with Crippen molar-refractivity contribution in [2.75, 3.05) is 12.4 Å². The lowest BCUT2D eigenvalue weighted by molar-refractivity contribution is -0.385. The van der Waals surface area contributed by atoms with E-state index in [1.54, 1.807) is 12.1 Å². The number of nitro groups is 1. The lowest BCUT2D eigenvalue weighted by Crippen LogP contribution is -2.10. The molecule has 0 amide bonds. The van der Waals surface area contributed by atoms with Gasteiger partial charge in [0.2, 0.25) is 0 Å². The number of carbonyl (C=O) groups excluding carboxylic acids is 1. The van der Waals surface area contributed by atoms with Crippen molar-refractivity contribution in [3.05, 3.63) is 56.5 Å². The van der Waals surface area contributed by atoms with Gasteiger partial charge in [-0.3, -0.25) is 15.1 Å². The van der Waals surface area contributed by atoms with Gasteiger partial charge in [-0.1, -0.05) is 11.6 Å². The number of anilines is 1. The molecule has 0 aliphatic heterocycles. The van der Waals surface area contributed by atoms with Crippen molar-refractivity contribution in [2.24, 2.45) is 0 Å². The van der Waals surface area contributed by atoms with Crippen LogP contribution >= 0.6 is 11.6 Å². The smallest absolute Gasteiger partial charge is 0.339 e. The maximum absolute atomic E-state index is 11.8. The normalized spacial score (nSPS) is 13.4. The molecule has 8 nitrogen and oxygen atoms in total. The molecule has 0 unspecified atom stereocenters. The Morgan fingerprint density at radius 3 is 2.84 bits per heavy atom. The van der Waals surface area contributed by atoms with E-state index in [-0.39, 0.29) is 16.6 Å². The van der Waals surface area contributed by atoms with Crippen LogP contribution in [0.3, 0.4) is 0 Å². The number of esters is 1. The zero-order valence-corrected chi connectivity index (χ0v) is 14.1. The predicted octanol–water partition coefficient (Wildman–Crippen LogP) is 3.31. The van der Waals surface area contributed by atoms with Gasteiger partial charge in [-0.05, 0) is 25.0 Å². The van der Waals surface area contributed by atoms with Crippen molar-refractivity contribution < 1.29 is 14.5 Å². The molecule has 1 aliphatic carbocycles. The van der Waals surface area contributed by atoms with E-state index in [1.807, 2.05) is 0 Å². The minimum absolute atomic E-state index is 0.155. The molecule has 0 bridgehead atoms. The van der Waals surface area contributed by atoms with E-state index in [1.165, 1.54) is 13.2 Å². The van der Waals surface area contributed by atoms with Crippen LogP contribution in [0.25, 0.3) is 0 Å².